The van der Waals surface area contributed by atoms with Crippen LogP contribution in [0.3, 0.4) is 0 Å². The van der Waals surface area contributed by atoms with E-state index < -0.39 is 16.5 Å². The van der Waals surface area contributed by atoms with E-state index in [1.807, 2.05) is 0 Å². The highest BCUT2D eigenvalue weighted by molar-refractivity contribution is 6.30. The van der Waals surface area contributed by atoms with Crippen LogP contribution in [-0.4, -0.2) is 22.9 Å². The molecule has 1 heterocycles. The Balaban J connectivity index is 3.23. The Bertz CT molecular complexity index is 302. The first kappa shape index (κ1) is 7.52. The molecular weight excluding hydrogens is 147 g/mol. The summed E-state index contributed by atoms with van der Waals surface area (Å²) < 4.78 is 0. The van der Waals surface area contributed by atoms with Crippen molar-refractivity contribution >= 4 is 19.3 Å². The van der Waals surface area contributed by atoms with Gasteiger partial charge in [0.05, 0.1) is 5.59 Å². The van der Waals surface area contributed by atoms with E-state index in [9.17, 15) is 10.1 Å². The van der Waals surface area contributed by atoms with Crippen LogP contribution in [0.25, 0.3) is 0 Å². The van der Waals surface area contributed by atoms with E-state index in [0.29, 0.717) is 0 Å². The van der Waals surface area contributed by atoms with Crippen molar-refractivity contribution in [1.29, 1.82) is 0 Å². The molecule has 6 heteroatoms. The third-order valence-corrected chi connectivity index (χ3v) is 1.05. The number of hydrogen-bond acceptors (Lipinski definition) is 4. The van der Waals surface area contributed by atoms with E-state index in [4.69, 9.17) is 13.0 Å². The summed E-state index contributed by atoms with van der Waals surface area (Å²) in [5.41, 5.74) is 0.00880. The molecule has 1 rings (SSSR count). The van der Waals surface area contributed by atoms with Crippen molar-refractivity contribution in [3.8, 4) is 5.75 Å². The fourth-order valence-electron chi connectivity index (χ4n) is 0.590. The van der Waals surface area contributed by atoms with Crippen LogP contribution in [0.4, 0.5) is 5.82 Å². The van der Waals surface area contributed by atoms with Gasteiger partial charge in [-0.2, -0.15) is 0 Å². The molecule has 0 spiro atoms. The zero-order chi connectivity index (χ0) is 8.43. The number of pyridine rings is 1. The van der Waals surface area contributed by atoms with Gasteiger partial charge in [-0.3, -0.25) is 0 Å². The highest BCUT2D eigenvalue weighted by Gasteiger charge is 2.13. The summed E-state index contributed by atoms with van der Waals surface area (Å²) in [5, 5.41) is 18.9. The topological polar surface area (TPSA) is 76.3 Å². The molecule has 0 bridgehead atoms. The van der Waals surface area contributed by atoms with E-state index >= 15 is 0 Å². The molecular formula is C5H3BN2O3. The summed E-state index contributed by atoms with van der Waals surface area (Å²) >= 11 is 0. The Labute approximate surface area is 63.3 Å². The molecule has 0 fully saturated rings. The molecule has 0 saturated carbocycles. The maximum Gasteiger partial charge on any atom is 0.405 e. The quantitative estimate of drug-likeness (QED) is 0.332. The number of aromatic hydroxyl groups is 1. The number of rotatable bonds is 1. The minimum atomic E-state index is -0.800. The minimum absolute atomic E-state index is 0.00880. The molecule has 0 saturated heterocycles. The summed E-state index contributed by atoms with van der Waals surface area (Å²) in [5.74, 6) is -1.10. The van der Waals surface area contributed by atoms with Crippen LogP contribution >= 0.6 is 0 Å². The summed E-state index contributed by atoms with van der Waals surface area (Å²) in [6, 6.07) is 2.41. The summed E-state index contributed by atoms with van der Waals surface area (Å²) in [6.07, 6.45) is 0. The molecule has 1 N–H and O–H groups in total. The van der Waals surface area contributed by atoms with Gasteiger partial charge in [0.2, 0.25) is 5.75 Å². The van der Waals surface area contributed by atoms with Gasteiger partial charge in [-0.25, -0.2) is 0 Å². The minimum Gasteiger partial charge on any atom is -0.501 e. The van der Waals surface area contributed by atoms with E-state index in [1.165, 1.54) is 6.07 Å². The maximum absolute atomic E-state index is 10.1. The van der Waals surface area contributed by atoms with Crippen molar-refractivity contribution in [2.24, 2.45) is 0 Å². The average Bonchev–Trinajstić information content (AvgIpc) is 1.94. The summed E-state index contributed by atoms with van der Waals surface area (Å²) in [7, 11) is 5.14. The third kappa shape index (κ3) is 1.46. The molecule has 54 valence electrons. The first-order valence-corrected chi connectivity index (χ1v) is 2.71. The van der Waals surface area contributed by atoms with Crippen molar-refractivity contribution in [2.75, 3.05) is 0 Å². The molecule has 0 amide bonds. The highest BCUT2D eigenvalue weighted by Crippen LogP contribution is 2.19. The maximum atomic E-state index is 10.1. The molecule has 5 nitrogen and oxygen atoms in total. The second-order valence-electron chi connectivity index (χ2n) is 1.84. The first-order chi connectivity index (χ1) is 5.11. The Morgan fingerprint density at radius 3 is 2.73 bits per heavy atom. The Kier molecular flexibility index (Phi) is 1.76. The van der Waals surface area contributed by atoms with E-state index in [-0.39, 0.29) is 5.59 Å². The predicted octanol–water partition coefficient (Wildman–Crippen LogP) is -0.511. The number of nitrogens with zero attached hydrogens (tertiary/aromatic N) is 2. The van der Waals surface area contributed by atoms with Crippen molar-refractivity contribution in [2.45, 2.75) is 0 Å². The molecule has 0 aromatic carbocycles. The van der Waals surface area contributed by atoms with Gasteiger partial charge in [-0.1, -0.05) is 4.98 Å². The van der Waals surface area contributed by atoms with Gasteiger partial charge >= 0.3 is 5.82 Å². The molecule has 2 radical (unpaired) electrons. The molecule has 0 aliphatic rings. The Morgan fingerprint density at radius 1 is 1.64 bits per heavy atom. The molecule has 0 unspecified atom stereocenters. The van der Waals surface area contributed by atoms with Gasteiger partial charge in [-0.05, 0) is 17.1 Å². The summed E-state index contributed by atoms with van der Waals surface area (Å²) in [4.78, 5) is 12.6. The van der Waals surface area contributed by atoms with Gasteiger partial charge in [-0.15, -0.1) is 0 Å². The Hall–Kier alpha value is -1.59. The number of aromatic nitrogens is 1. The van der Waals surface area contributed by atoms with Gasteiger partial charge in [0.15, 0.2) is 7.85 Å². The largest absolute Gasteiger partial charge is 0.501 e. The number of nitro groups is 1. The smallest absolute Gasteiger partial charge is 0.405 e. The molecule has 11 heavy (non-hydrogen) atoms. The third-order valence-electron chi connectivity index (χ3n) is 1.05. The van der Waals surface area contributed by atoms with Gasteiger partial charge in [0.1, 0.15) is 0 Å². The molecule has 0 atom stereocenters. The molecule has 0 aliphatic carbocycles. The second-order valence-corrected chi connectivity index (χ2v) is 1.84. The zero-order valence-electron chi connectivity index (χ0n) is 5.39. The van der Waals surface area contributed by atoms with E-state index in [1.54, 1.807) is 0 Å². The normalized spacial score (nSPS) is 9.45. The second kappa shape index (κ2) is 2.57. The fourth-order valence-corrected chi connectivity index (χ4v) is 0.590. The lowest BCUT2D eigenvalue weighted by molar-refractivity contribution is -0.390. The van der Waals surface area contributed by atoms with Crippen LogP contribution in [0.2, 0.25) is 0 Å². The first-order valence-electron chi connectivity index (χ1n) is 2.71. The van der Waals surface area contributed by atoms with Gasteiger partial charge in [0, 0.05) is 0 Å². The monoisotopic (exact) mass is 150 g/mol. The Morgan fingerprint density at radius 2 is 2.27 bits per heavy atom. The number of hydrogen-bond donors (Lipinski definition) is 1. The van der Waals surface area contributed by atoms with Crippen LogP contribution in [0.1, 0.15) is 0 Å². The van der Waals surface area contributed by atoms with E-state index in [2.05, 4.69) is 4.98 Å². The zero-order valence-corrected chi connectivity index (χ0v) is 5.39. The lowest BCUT2D eigenvalue weighted by Gasteiger charge is -1.94. The van der Waals surface area contributed by atoms with Gasteiger partial charge in [0.25, 0.3) is 0 Å². The van der Waals surface area contributed by atoms with Crippen LogP contribution in [-0.2, 0) is 0 Å². The standard InChI is InChI=1S/C5H3BN2O3/c6-4-2-1-3(9)5(7-4)8(10)11/h1-2,9H. The van der Waals surface area contributed by atoms with Crippen molar-refractivity contribution in [3.63, 3.8) is 0 Å². The predicted molar refractivity (Wildman–Crippen MR) is 37.9 cm³/mol. The van der Waals surface area contributed by atoms with Crippen LogP contribution < -0.4 is 5.59 Å². The lowest BCUT2D eigenvalue weighted by Crippen LogP contribution is -2.09. The summed E-state index contributed by atoms with van der Waals surface area (Å²) in [6.45, 7) is 0. The van der Waals surface area contributed by atoms with E-state index in [0.717, 1.165) is 6.07 Å². The van der Waals surface area contributed by atoms with Crippen LogP contribution in [0, 0.1) is 10.1 Å². The highest BCUT2D eigenvalue weighted by atomic mass is 16.6. The van der Waals surface area contributed by atoms with Gasteiger partial charge < -0.3 is 15.2 Å². The van der Waals surface area contributed by atoms with Crippen LogP contribution in [0.5, 0.6) is 5.75 Å². The molecule has 1 aromatic heterocycles. The van der Waals surface area contributed by atoms with Crippen molar-refractivity contribution in [1.82, 2.24) is 4.98 Å². The molecule has 1 aromatic rings. The average molecular weight is 150 g/mol. The van der Waals surface area contributed by atoms with Crippen molar-refractivity contribution < 1.29 is 10.0 Å². The SMILES string of the molecule is [B]c1ccc(O)c([N+](=O)[O-])n1. The van der Waals surface area contributed by atoms with Crippen LogP contribution in [0.15, 0.2) is 12.1 Å². The lowest BCUT2D eigenvalue weighted by atomic mass is 10.0. The fraction of sp³-hybridized carbons (Fsp3) is 0. The molecule has 0 aliphatic heterocycles. The van der Waals surface area contributed by atoms with Crippen molar-refractivity contribution in [3.05, 3.63) is 22.2 Å².